The number of nitrogens with one attached hydrogen (secondary N) is 2. The number of carbonyl (C=O) groups is 2. The lowest BCUT2D eigenvalue weighted by molar-refractivity contribution is -0.158. The third kappa shape index (κ3) is 8.66. The molecule has 6 aliphatic rings. The number of rotatable bonds is 9. The molecule has 0 saturated heterocycles. The number of pyridine rings is 2. The maximum absolute atomic E-state index is 14.7. The number of aromatic nitrogens is 8. The summed E-state index contributed by atoms with van der Waals surface area (Å²) in [5, 5.41) is 1.10. The van der Waals surface area contributed by atoms with Gasteiger partial charge in [0.25, 0.3) is 0 Å². The molecule has 0 amide bonds. The smallest absolute Gasteiger partial charge is 0.309 e. The van der Waals surface area contributed by atoms with Crippen LogP contribution >= 0.6 is 24.8 Å². The number of ketones is 1. The average molecular weight is 896 g/mol. The molecule has 12 rings (SSSR count). The standard InChI is InChI=1S/C23H24F2N4O2.C22H22F2N4O.2ClH/c1-2-31-23(30)20-13-5-3-12(4-6-13)15(20)8-19-18(25)11-28-22(29-19)17-10-27-21-16(17)7-14(24)9-26-21;1-11(29)20-13-4-2-12(3-5-13)15(20)7-19-18(24)10-27-22(28-19)17-9-26-21-16(17)6-14(23)8-25-21;;/h7,9-13,15,20H,2-6,8H2,1H3,(H,26,27);6,8-10,12-13,15,20H,2-5,7H2,1H3,(H,25,26);2*1H/t2*12?,13?,15-,20-;;/m00../s1. The summed E-state index contributed by atoms with van der Waals surface area (Å²) >= 11 is 0. The van der Waals surface area contributed by atoms with Gasteiger partial charge in [0.2, 0.25) is 0 Å². The van der Waals surface area contributed by atoms with E-state index in [1.54, 1.807) is 19.3 Å². The van der Waals surface area contributed by atoms with Gasteiger partial charge in [0.1, 0.15) is 28.7 Å². The number of hydrogen-bond acceptors (Lipinski definition) is 9. The normalized spacial score (nSPS) is 24.8. The molecule has 4 atom stereocenters. The van der Waals surface area contributed by atoms with Crippen molar-refractivity contribution >= 4 is 58.6 Å². The summed E-state index contributed by atoms with van der Waals surface area (Å²) < 4.78 is 62.1. The minimum atomic E-state index is -0.489. The van der Waals surface area contributed by atoms with E-state index >= 15 is 0 Å². The largest absolute Gasteiger partial charge is 0.466 e. The van der Waals surface area contributed by atoms with Crippen molar-refractivity contribution in [3.05, 3.63) is 84.0 Å². The molecule has 6 heterocycles. The lowest BCUT2D eigenvalue weighted by Gasteiger charge is -2.47. The Hall–Kier alpha value is -5.02. The Kier molecular flexibility index (Phi) is 13.6. The molecule has 2 N–H and O–H groups in total. The number of hydrogen-bond donors (Lipinski definition) is 2. The third-order valence-electron chi connectivity index (χ3n) is 13.8. The molecule has 6 aromatic heterocycles. The number of Topliss-reactive ketones (excluding diaryl/α,β-unsaturated/α-hetero) is 1. The van der Waals surface area contributed by atoms with Crippen LogP contribution in [0.2, 0.25) is 0 Å². The van der Waals surface area contributed by atoms with Crippen molar-refractivity contribution in [3.8, 4) is 22.8 Å². The van der Waals surface area contributed by atoms with Crippen molar-refractivity contribution in [3.63, 3.8) is 0 Å². The zero-order valence-corrected chi connectivity index (χ0v) is 35.9. The number of nitrogens with zero attached hydrogens (tertiary/aromatic N) is 6. The highest BCUT2D eigenvalue weighted by atomic mass is 35.5. The second-order valence-electron chi connectivity index (χ2n) is 17.0. The Morgan fingerprint density at radius 1 is 0.629 bits per heavy atom. The van der Waals surface area contributed by atoms with Crippen LogP contribution in [-0.2, 0) is 27.2 Å². The van der Waals surface area contributed by atoms with E-state index in [2.05, 4.69) is 39.9 Å². The Morgan fingerprint density at radius 3 is 1.48 bits per heavy atom. The molecule has 0 aromatic carbocycles. The van der Waals surface area contributed by atoms with Gasteiger partial charge in [0, 0.05) is 40.2 Å². The minimum Gasteiger partial charge on any atom is -0.466 e. The van der Waals surface area contributed by atoms with E-state index < -0.39 is 23.3 Å². The van der Waals surface area contributed by atoms with Gasteiger partial charge in [-0.3, -0.25) is 9.59 Å². The number of aromatic amines is 2. The summed E-state index contributed by atoms with van der Waals surface area (Å²) in [6.07, 6.45) is 17.3. The summed E-state index contributed by atoms with van der Waals surface area (Å²) in [5.74, 6) is 0.232. The van der Waals surface area contributed by atoms with Gasteiger partial charge in [-0.05, 0) is 126 Å². The van der Waals surface area contributed by atoms with E-state index in [9.17, 15) is 27.2 Å². The summed E-state index contributed by atoms with van der Waals surface area (Å²) in [6, 6.07) is 2.73. The Morgan fingerprint density at radius 2 is 1.05 bits per heavy atom. The van der Waals surface area contributed by atoms with Crippen molar-refractivity contribution in [2.75, 3.05) is 6.61 Å². The summed E-state index contributed by atoms with van der Waals surface area (Å²) in [5.41, 5.74) is 2.81. The van der Waals surface area contributed by atoms with E-state index in [1.165, 1.54) is 18.3 Å². The number of esters is 1. The zero-order valence-electron chi connectivity index (χ0n) is 34.3. The van der Waals surface area contributed by atoms with Gasteiger partial charge in [-0.25, -0.2) is 47.5 Å². The van der Waals surface area contributed by atoms with Crippen LogP contribution in [0.25, 0.3) is 44.8 Å². The maximum atomic E-state index is 14.7. The number of H-pyrrole nitrogens is 2. The summed E-state index contributed by atoms with van der Waals surface area (Å²) in [4.78, 5) is 56.3. The van der Waals surface area contributed by atoms with Crippen molar-refractivity contribution in [2.24, 2.45) is 47.3 Å². The molecular formula is C45H48Cl2F4N8O3. The molecule has 6 fully saturated rings. The van der Waals surface area contributed by atoms with Gasteiger partial charge in [-0.1, -0.05) is 0 Å². The van der Waals surface area contributed by atoms with Crippen molar-refractivity contribution in [2.45, 2.75) is 78.1 Å². The zero-order chi connectivity index (χ0) is 41.7. The molecule has 0 radical (unpaired) electrons. The first-order chi connectivity index (χ1) is 29.1. The van der Waals surface area contributed by atoms with Crippen LogP contribution in [0.15, 0.2) is 49.3 Å². The van der Waals surface area contributed by atoms with Crippen LogP contribution in [0.1, 0.15) is 76.6 Å². The van der Waals surface area contributed by atoms with Gasteiger partial charge in [0.05, 0.1) is 48.7 Å². The molecule has 0 aliphatic heterocycles. The van der Waals surface area contributed by atoms with Crippen LogP contribution in [0.4, 0.5) is 17.6 Å². The highest BCUT2D eigenvalue weighted by molar-refractivity contribution is 5.92. The van der Waals surface area contributed by atoms with Gasteiger partial charge < -0.3 is 14.7 Å². The molecule has 328 valence electrons. The molecule has 0 spiro atoms. The van der Waals surface area contributed by atoms with E-state index in [0.717, 1.165) is 70.0 Å². The predicted molar refractivity (Wildman–Crippen MR) is 228 cm³/mol. The fourth-order valence-electron chi connectivity index (χ4n) is 11.1. The summed E-state index contributed by atoms with van der Waals surface area (Å²) in [6.45, 7) is 3.81. The van der Waals surface area contributed by atoms with E-state index in [1.807, 2.05) is 6.92 Å². The average Bonchev–Trinajstić information content (AvgIpc) is 3.87. The number of carbonyl (C=O) groups excluding carboxylic acids is 2. The van der Waals surface area contributed by atoms with Crippen molar-refractivity contribution in [1.82, 2.24) is 39.9 Å². The van der Waals surface area contributed by atoms with E-state index in [4.69, 9.17) is 4.74 Å². The predicted octanol–water partition coefficient (Wildman–Crippen LogP) is 9.78. The van der Waals surface area contributed by atoms with Crippen molar-refractivity contribution in [1.29, 1.82) is 0 Å². The molecule has 0 unspecified atom stereocenters. The molecular weight excluding hydrogens is 847 g/mol. The first-order valence-corrected chi connectivity index (χ1v) is 21.0. The van der Waals surface area contributed by atoms with Crippen molar-refractivity contribution < 1.29 is 31.9 Å². The Balaban J connectivity index is 0.000000181. The monoisotopic (exact) mass is 894 g/mol. The fraction of sp³-hybridized carbons (Fsp3) is 0.467. The Bertz CT molecular complexity index is 2580. The second kappa shape index (κ2) is 18.8. The van der Waals surface area contributed by atoms with Gasteiger partial charge in [-0.15, -0.1) is 24.8 Å². The van der Waals surface area contributed by atoms with Gasteiger partial charge in [0.15, 0.2) is 23.3 Å². The first kappa shape index (κ1) is 45.0. The van der Waals surface area contributed by atoms with Crippen LogP contribution in [0.3, 0.4) is 0 Å². The molecule has 17 heteroatoms. The quantitative estimate of drug-likeness (QED) is 0.107. The molecule has 62 heavy (non-hydrogen) atoms. The lowest BCUT2D eigenvalue weighted by atomic mass is 9.56. The van der Waals surface area contributed by atoms with Gasteiger partial charge in [-0.2, -0.15) is 0 Å². The highest BCUT2D eigenvalue weighted by Gasteiger charge is 2.48. The third-order valence-corrected chi connectivity index (χ3v) is 13.8. The lowest BCUT2D eigenvalue weighted by Crippen LogP contribution is -2.45. The van der Waals surface area contributed by atoms with Crippen LogP contribution in [0, 0.1) is 70.6 Å². The molecule has 6 aliphatic carbocycles. The van der Waals surface area contributed by atoms with Gasteiger partial charge >= 0.3 is 5.97 Å². The van der Waals surface area contributed by atoms with Crippen LogP contribution in [0.5, 0.6) is 0 Å². The topological polar surface area (TPSA) is 152 Å². The highest BCUT2D eigenvalue weighted by Crippen LogP contribution is 2.51. The number of fused-ring (bicyclic) bond motifs is 8. The Labute approximate surface area is 367 Å². The first-order valence-electron chi connectivity index (χ1n) is 21.0. The van der Waals surface area contributed by atoms with Crippen LogP contribution in [-0.4, -0.2) is 58.2 Å². The fourth-order valence-corrected chi connectivity index (χ4v) is 11.1. The second-order valence-corrected chi connectivity index (χ2v) is 17.0. The molecule has 4 bridgehead atoms. The number of ether oxygens (including phenoxy) is 1. The number of halogens is 6. The minimum absolute atomic E-state index is 0. The molecule has 11 nitrogen and oxygen atoms in total. The molecule has 6 saturated carbocycles. The van der Waals surface area contributed by atoms with Crippen LogP contribution < -0.4 is 0 Å². The SMILES string of the molecule is CC(=O)[C@H]1C2CCC(CC2)[C@@H]1Cc1nc(-c2c[nH]c3ncc(F)cc23)ncc1F.CCOC(=O)[C@H]1C2CCC(CC2)[C@@H]1Cc1nc(-c2c[nH]c3ncc(F)cc23)ncc1F.Cl.Cl. The summed E-state index contributed by atoms with van der Waals surface area (Å²) in [7, 11) is 0. The maximum Gasteiger partial charge on any atom is 0.309 e. The van der Waals surface area contributed by atoms with E-state index in [0.29, 0.717) is 93.7 Å². The molecule has 6 aromatic rings. The van der Waals surface area contributed by atoms with E-state index in [-0.39, 0.29) is 65.9 Å².